The highest BCUT2D eigenvalue weighted by Crippen LogP contribution is 2.60. The number of phosphoric ester groups is 2. The molecule has 418 valence electrons. The van der Waals surface area contributed by atoms with E-state index < -0.39 is 89.8 Å². The van der Waals surface area contributed by atoms with Crippen molar-refractivity contribution in [2.75, 3.05) is 25.6 Å². The van der Waals surface area contributed by atoms with Crippen LogP contribution in [0.25, 0.3) is 0 Å². The van der Waals surface area contributed by atoms with Crippen LogP contribution in [0.1, 0.15) is 129 Å². The van der Waals surface area contributed by atoms with Crippen molar-refractivity contribution < 1.29 is 71.4 Å². The van der Waals surface area contributed by atoms with Crippen molar-refractivity contribution in [2.45, 2.75) is 160 Å². The number of hydrogen-bond acceptors (Lipinski definition) is 16. The summed E-state index contributed by atoms with van der Waals surface area (Å²) in [6.07, 6.45) is 44.6. The Hall–Kier alpha value is -4.88. The molecule has 7 N–H and O–H groups in total. The number of nitrogens with zero attached hydrogens (tertiary/aromatic N) is 2. The number of unbranched alkanes of at least 4 members (excludes halogenated alkanes) is 4. The van der Waals surface area contributed by atoms with Crippen LogP contribution in [0.5, 0.6) is 0 Å². The Morgan fingerprint density at radius 2 is 1.29 bits per heavy atom. The lowest BCUT2D eigenvalue weighted by Crippen LogP contribution is -2.36. The summed E-state index contributed by atoms with van der Waals surface area (Å²) < 4.78 is 56.6. The number of rotatable bonds is 40. The Kier molecular flexibility index (Phi) is 35.7. The summed E-state index contributed by atoms with van der Waals surface area (Å²) in [4.78, 5) is 61.9. The maximum absolute atomic E-state index is 12.9. The number of carbonyl (C=O) groups excluding carboxylic acids is 2. The Balaban J connectivity index is 1.89. The van der Waals surface area contributed by atoms with Gasteiger partial charge in [0.2, 0.25) is 0 Å². The van der Waals surface area contributed by atoms with E-state index in [1.807, 2.05) is 36.5 Å². The first kappa shape index (κ1) is 66.2. The minimum absolute atomic E-state index is 0.0352. The average molecular weight is 1090 g/mol. The second-order valence-corrected chi connectivity index (χ2v) is 20.2. The van der Waals surface area contributed by atoms with Gasteiger partial charge in [-0.25, -0.2) is 13.9 Å². The highest BCUT2D eigenvalue weighted by molar-refractivity contribution is 7.61. The van der Waals surface area contributed by atoms with Crippen molar-refractivity contribution in [1.82, 2.24) is 9.55 Å². The summed E-state index contributed by atoms with van der Waals surface area (Å²) in [5.74, 6) is -1.55. The first-order valence-corrected chi connectivity index (χ1v) is 28.6. The summed E-state index contributed by atoms with van der Waals surface area (Å²) in [6.45, 7) is 1.78. The molecule has 0 bridgehead atoms. The molecule has 0 radical (unpaired) electrons. The first-order chi connectivity index (χ1) is 36.1. The van der Waals surface area contributed by atoms with Gasteiger partial charge in [0, 0.05) is 19.0 Å². The Bertz CT molecular complexity index is 2250. The van der Waals surface area contributed by atoms with Crippen LogP contribution in [-0.2, 0) is 46.3 Å². The van der Waals surface area contributed by atoms with Gasteiger partial charge in [-0.15, -0.1) is 0 Å². The molecule has 2 rings (SSSR count). The van der Waals surface area contributed by atoms with Gasteiger partial charge in [0.25, 0.3) is 0 Å². The van der Waals surface area contributed by atoms with Crippen LogP contribution in [0.3, 0.4) is 0 Å². The molecule has 1 aromatic heterocycles. The number of nitrogen functional groups attached to an aromatic ring is 1. The minimum Gasteiger partial charge on any atom is -0.462 e. The van der Waals surface area contributed by atoms with Crippen LogP contribution < -0.4 is 11.4 Å². The van der Waals surface area contributed by atoms with Crippen LogP contribution in [-0.4, -0.2) is 96.9 Å². The van der Waals surface area contributed by atoms with Crippen LogP contribution in [0.2, 0.25) is 0 Å². The maximum atomic E-state index is 12.9. The molecule has 0 aromatic carbocycles. The highest BCUT2D eigenvalue weighted by atomic mass is 31.3. The van der Waals surface area contributed by atoms with Crippen molar-refractivity contribution in [3.63, 3.8) is 0 Å². The molecule has 0 saturated carbocycles. The second-order valence-electron chi connectivity index (χ2n) is 17.1. The molecule has 0 amide bonds. The van der Waals surface area contributed by atoms with Gasteiger partial charge in [-0.2, -0.15) is 9.29 Å². The van der Waals surface area contributed by atoms with Gasteiger partial charge in [0.15, 0.2) is 12.3 Å². The van der Waals surface area contributed by atoms with E-state index in [0.717, 1.165) is 55.7 Å². The maximum Gasteiger partial charge on any atom is 0.481 e. The number of allylic oxidation sites excluding steroid dienone is 18. The topological polar surface area (TPSA) is 286 Å². The summed E-state index contributed by atoms with van der Waals surface area (Å²) in [5.41, 5.74) is 4.57. The lowest BCUT2D eigenvalue weighted by Gasteiger charge is -2.21. The molecule has 1 aliphatic heterocycles. The van der Waals surface area contributed by atoms with Gasteiger partial charge in [0.05, 0.1) is 19.3 Å². The smallest absolute Gasteiger partial charge is 0.462 e. The fraction of sp³-hybridized carbons (Fsp3) is 0.519. The number of ether oxygens (including phenoxy) is 3. The lowest BCUT2D eigenvalue weighted by atomic mass is 10.1. The van der Waals surface area contributed by atoms with E-state index in [-0.39, 0.29) is 18.7 Å². The van der Waals surface area contributed by atoms with Crippen molar-refractivity contribution in [2.24, 2.45) is 0 Å². The summed E-state index contributed by atoms with van der Waals surface area (Å²) in [6, 6.07) is 1.23. The van der Waals surface area contributed by atoms with Crippen LogP contribution in [0.15, 0.2) is 139 Å². The van der Waals surface area contributed by atoms with Gasteiger partial charge in [-0.3, -0.25) is 23.2 Å². The van der Waals surface area contributed by atoms with Crippen LogP contribution in [0.4, 0.5) is 5.82 Å². The number of nitrogens with two attached hydrogens (primary N) is 1. The molecule has 0 spiro atoms. The predicted octanol–water partition coefficient (Wildman–Crippen LogP) is 9.74. The molecule has 1 aliphatic rings. The summed E-state index contributed by atoms with van der Waals surface area (Å²) in [7, 11) is -11.0. The third-order valence-electron chi connectivity index (χ3n) is 10.6. The number of phosphoric acid groups is 2. The summed E-state index contributed by atoms with van der Waals surface area (Å²) in [5, 5.41) is 31.1. The zero-order chi connectivity index (χ0) is 55.0. The largest absolute Gasteiger partial charge is 0.481 e. The average Bonchev–Trinajstić information content (AvgIpc) is 3.64. The highest BCUT2D eigenvalue weighted by Gasteiger charge is 2.46. The van der Waals surface area contributed by atoms with Crippen LogP contribution >= 0.6 is 15.6 Å². The molecule has 3 unspecified atom stereocenters. The van der Waals surface area contributed by atoms with Crippen molar-refractivity contribution in [3.8, 4) is 0 Å². The standard InChI is InChI=1S/C54H81N3O16P2/c1-3-5-7-9-11-13-14-15-16-17-18-19-20-21-22-24-26-30-34-38-49(59)68-42-46(71-50(60)39-35-31-27-29-33-37-45(58)36-32-28-25-23-12-10-8-6-4-2)43-69-74(64,65)73-75(66,67)70-44-47-51(61)52(62)53(72-47)57-41-40-48(55)56-54(57)63/h5,7,11-13,15-16,18-19,21-23,26-30,32-33,37,40-41,45-47,51-53,58,61-62H,3-4,6,8-10,14,17,20,24-25,31,34-36,38-39,42-44H2,1-2H3,(H,64,65)(H,66,67)(H2,55,56,63)/b7-5-,13-11-,16-15-,19-18-,22-21-,23-12-,29-27+,30-26-,32-28-,37-33-/t45?,46-,47-,51-,52-,53-/m1/s1. The molecule has 0 aliphatic carbocycles. The monoisotopic (exact) mass is 1090 g/mol. The van der Waals surface area contributed by atoms with Crippen molar-refractivity contribution in [1.29, 1.82) is 0 Å². The Morgan fingerprint density at radius 3 is 1.91 bits per heavy atom. The zero-order valence-electron chi connectivity index (χ0n) is 43.4. The molecular weight excluding hydrogens is 1010 g/mol. The first-order valence-electron chi connectivity index (χ1n) is 25.7. The SMILES string of the molecule is CC/C=C\C/C=C\C/C=C\C/C=C\C/C=C\C/C=C\CCC(=O)OC[C@H](COP(=O)(O)OP(=O)(O)OC[C@H]1O[C@@H](n2ccc(N)nc2=O)[C@H](O)[C@@H]1O)OC(=O)CCC/C=C/C=C\C(O)C/C=C\C/C=C\CCCCC. The van der Waals surface area contributed by atoms with E-state index in [1.165, 1.54) is 25.3 Å². The molecule has 75 heavy (non-hydrogen) atoms. The molecule has 1 fully saturated rings. The van der Waals surface area contributed by atoms with Crippen molar-refractivity contribution in [3.05, 3.63) is 144 Å². The third-order valence-corrected chi connectivity index (χ3v) is 13.2. The molecule has 2 heterocycles. The van der Waals surface area contributed by atoms with E-state index in [1.54, 1.807) is 24.3 Å². The summed E-state index contributed by atoms with van der Waals surface area (Å²) >= 11 is 0. The van der Waals surface area contributed by atoms with Gasteiger partial charge >= 0.3 is 33.3 Å². The fourth-order valence-electron chi connectivity index (χ4n) is 6.65. The van der Waals surface area contributed by atoms with E-state index >= 15 is 0 Å². The fourth-order valence-corrected chi connectivity index (χ4v) is 8.76. The number of esters is 2. The van der Waals surface area contributed by atoms with Gasteiger partial charge < -0.3 is 45.1 Å². The molecule has 21 heteroatoms. The number of aliphatic hydroxyl groups is 3. The molecule has 8 atom stereocenters. The number of aliphatic hydroxyl groups excluding tert-OH is 3. The molecule has 19 nitrogen and oxygen atoms in total. The quantitative estimate of drug-likeness (QED) is 0.0117. The van der Waals surface area contributed by atoms with E-state index in [9.17, 15) is 48.6 Å². The zero-order valence-corrected chi connectivity index (χ0v) is 45.2. The molecular formula is C54H81N3O16P2. The second kappa shape index (κ2) is 40.4. The number of anilines is 1. The predicted molar refractivity (Wildman–Crippen MR) is 290 cm³/mol. The molecule has 1 saturated heterocycles. The third kappa shape index (κ3) is 33.0. The minimum atomic E-state index is -5.48. The van der Waals surface area contributed by atoms with Crippen molar-refractivity contribution >= 4 is 33.4 Å². The number of carbonyl (C=O) groups is 2. The number of aromatic nitrogens is 2. The molecule has 1 aromatic rings. The normalized spacial score (nSPS) is 20.2. The lowest BCUT2D eigenvalue weighted by molar-refractivity contribution is -0.161. The van der Waals surface area contributed by atoms with E-state index in [0.29, 0.717) is 32.1 Å². The van der Waals surface area contributed by atoms with Gasteiger partial charge in [-0.05, 0) is 89.5 Å². The van der Waals surface area contributed by atoms with Gasteiger partial charge in [0.1, 0.15) is 30.7 Å². The van der Waals surface area contributed by atoms with E-state index in [2.05, 4.69) is 83.9 Å². The van der Waals surface area contributed by atoms with Gasteiger partial charge in [-0.1, -0.05) is 148 Å². The van der Waals surface area contributed by atoms with E-state index in [4.69, 9.17) is 29.0 Å². The number of hydrogen-bond donors (Lipinski definition) is 6. The van der Waals surface area contributed by atoms with Crippen LogP contribution in [0, 0.1) is 0 Å². The Labute approximate surface area is 442 Å². The Morgan fingerprint density at radius 1 is 0.720 bits per heavy atom.